The van der Waals surface area contributed by atoms with E-state index < -0.39 is 17.9 Å². The fourth-order valence-corrected chi connectivity index (χ4v) is 1.12. The van der Waals surface area contributed by atoms with Crippen LogP contribution >= 0.6 is 0 Å². The molecule has 6 heteroatoms. The predicted molar refractivity (Wildman–Crippen MR) is 67.0 cm³/mol. The third-order valence-corrected chi connectivity index (χ3v) is 2.77. The molecule has 18 heavy (non-hydrogen) atoms. The van der Waals surface area contributed by atoms with E-state index in [-0.39, 0.29) is 19.3 Å². The number of aliphatic carboxylic acids is 1. The Morgan fingerprint density at radius 2 is 1.72 bits per heavy atom. The van der Waals surface area contributed by atoms with Gasteiger partial charge in [0.1, 0.15) is 0 Å². The van der Waals surface area contributed by atoms with E-state index in [0.717, 1.165) is 0 Å². The second kappa shape index (κ2) is 8.49. The van der Waals surface area contributed by atoms with Crippen LogP contribution in [0.15, 0.2) is 0 Å². The molecule has 0 radical (unpaired) electrons. The number of carbonyl (C=O) groups excluding carboxylic acids is 2. The van der Waals surface area contributed by atoms with Crippen molar-refractivity contribution in [3.63, 3.8) is 0 Å². The molecule has 1 unspecified atom stereocenters. The van der Waals surface area contributed by atoms with Crippen molar-refractivity contribution >= 4 is 17.9 Å². The highest BCUT2D eigenvalue weighted by atomic mass is 16.4. The van der Waals surface area contributed by atoms with Crippen LogP contribution in [0.2, 0.25) is 0 Å². The summed E-state index contributed by atoms with van der Waals surface area (Å²) >= 11 is 0. The molecule has 0 aromatic heterocycles. The Kier molecular flexibility index (Phi) is 7.74. The van der Waals surface area contributed by atoms with Gasteiger partial charge in [0, 0.05) is 19.4 Å². The maximum Gasteiger partial charge on any atom is 0.321 e. The highest BCUT2D eigenvalue weighted by molar-refractivity contribution is 5.94. The molecule has 104 valence electrons. The van der Waals surface area contributed by atoms with Gasteiger partial charge >= 0.3 is 12.0 Å². The quantitative estimate of drug-likeness (QED) is 0.642. The smallest absolute Gasteiger partial charge is 0.321 e. The van der Waals surface area contributed by atoms with E-state index in [1.807, 2.05) is 6.92 Å². The van der Waals surface area contributed by atoms with Crippen LogP contribution in [0.5, 0.6) is 0 Å². The molecule has 0 bridgehead atoms. The summed E-state index contributed by atoms with van der Waals surface area (Å²) in [6.45, 7) is 6.63. The van der Waals surface area contributed by atoms with E-state index in [9.17, 15) is 14.4 Å². The first-order chi connectivity index (χ1) is 8.32. The van der Waals surface area contributed by atoms with Gasteiger partial charge in [-0.25, -0.2) is 4.79 Å². The van der Waals surface area contributed by atoms with Gasteiger partial charge in [-0.1, -0.05) is 20.8 Å². The van der Waals surface area contributed by atoms with Crippen molar-refractivity contribution < 1.29 is 19.5 Å². The summed E-state index contributed by atoms with van der Waals surface area (Å²) in [7, 11) is 0. The van der Waals surface area contributed by atoms with Crippen molar-refractivity contribution in [2.75, 3.05) is 6.54 Å². The molecule has 6 nitrogen and oxygen atoms in total. The summed E-state index contributed by atoms with van der Waals surface area (Å²) in [4.78, 5) is 32.8. The monoisotopic (exact) mass is 258 g/mol. The Bertz CT molecular complexity index is 302. The van der Waals surface area contributed by atoms with Gasteiger partial charge in [-0.05, 0) is 18.3 Å². The molecular weight excluding hydrogens is 236 g/mol. The summed E-state index contributed by atoms with van der Waals surface area (Å²) in [6.07, 6.45) is 0.204. The number of rotatable bonds is 7. The zero-order valence-corrected chi connectivity index (χ0v) is 11.2. The SMILES string of the molecule is CC(C)C(C)CNC(=O)NC(=O)CCCC(=O)O. The average molecular weight is 258 g/mol. The van der Waals surface area contributed by atoms with E-state index >= 15 is 0 Å². The number of urea groups is 1. The van der Waals surface area contributed by atoms with E-state index in [1.165, 1.54) is 0 Å². The minimum absolute atomic E-state index is 0.0411. The summed E-state index contributed by atoms with van der Waals surface area (Å²) < 4.78 is 0. The van der Waals surface area contributed by atoms with Crippen molar-refractivity contribution in [2.45, 2.75) is 40.0 Å². The van der Waals surface area contributed by atoms with E-state index in [0.29, 0.717) is 18.4 Å². The predicted octanol–water partition coefficient (Wildman–Crippen LogP) is 1.36. The third kappa shape index (κ3) is 8.55. The third-order valence-electron chi connectivity index (χ3n) is 2.77. The van der Waals surface area contributed by atoms with Crippen LogP contribution in [0.3, 0.4) is 0 Å². The summed E-state index contributed by atoms with van der Waals surface area (Å²) in [5.41, 5.74) is 0. The van der Waals surface area contributed by atoms with Gasteiger partial charge in [-0.2, -0.15) is 0 Å². The highest BCUT2D eigenvalue weighted by Gasteiger charge is 2.11. The molecule has 0 fully saturated rings. The number of hydrogen-bond acceptors (Lipinski definition) is 3. The van der Waals surface area contributed by atoms with Crippen LogP contribution in [0.25, 0.3) is 0 Å². The van der Waals surface area contributed by atoms with Crippen LogP contribution in [0.1, 0.15) is 40.0 Å². The van der Waals surface area contributed by atoms with Crippen molar-refractivity contribution in [1.29, 1.82) is 0 Å². The van der Waals surface area contributed by atoms with Gasteiger partial charge < -0.3 is 10.4 Å². The Balaban J connectivity index is 3.74. The van der Waals surface area contributed by atoms with Crippen molar-refractivity contribution in [1.82, 2.24) is 10.6 Å². The molecule has 0 aliphatic heterocycles. The number of amides is 3. The van der Waals surface area contributed by atoms with Crippen molar-refractivity contribution in [2.24, 2.45) is 11.8 Å². The number of carboxylic acids is 1. The summed E-state index contributed by atoms with van der Waals surface area (Å²) in [5.74, 6) is -0.613. The number of carboxylic acid groups (broad SMARTS) is 1. The fourth-order valence-electron chi connectivity index (χ4n) is 1.12. The molecule has 1 atom stereocenters. The molecule has 0 rings (SSSR count). The van der Waals surface area contributed by atoms with Crippen LogP contribution < -0.4 is 10.6 Å². The minimum Gasteiger partial charge on any atom is -0.481 e. The first-order valence-electron chi connectivity index (χ1n) is 6.12. The molecule has 0 saturated carbocycles. The van der Waals surface area contributed by atoms with Crippen LogP contribution in [0.4, 0.5) is 4.79 Å². The van der Waals surface area contributed by atoms with Gasteiger partial charge in [0.15, 0.2) is 0 Å². The lowest BCUT2D eigenvalue weighted by molar-refractivity contribution is -0.137. The Hall–Kier alpha value is -1.59. The minimum atomic E-state index is -0.946. The lowest BCUT2D eigenvalue weighted by Crippen LogP contribution is -2.41. The molecule has 0 heterocycles. The molecule has 0 aromatic carbocycles. The Morgan fingerprint density at radius 3 is 2.22 bits per heavy atom. The molecule has 0 saturated heterocycles. The molecule has 0 aliphatic rings. The molecule has 3 amide bonds. The average Bonchev–Trinajstić information content (AvgIpc) is 2.24. The molecule has 0 spiro atoms. The lowest BCUT2D eigenvalue weighted by Gasteiger charge is -2.16. The second-order valence-corrected chi connectivity index (χ2v) is 4.73. The van der Waals surface area contributed by atoms with E-state index in [2.05, 4.69) is 24.5 Å². The molecule has 0 aliphatic carbocycles. The zero-order chi connectivity index (χ0) is 14.1. The normalized spacial score (nSPS) is 12.0. The number of nitrogens with one attached hydrogen (secondary N) is 2. The van der Waals surface area contributed by atoms with Crippen LogP contribution in [-0.4, -0.2) is 29.6 Å². The topological polar surface area (TPSA) is 95.5 Å². The van der Waals surface area contributed by atoms with Crippen molar-refractivity contribution in [3.8, 4) is 0 Å². The number of hydrogen-bond donors (Lipinski definition) is 3. The standard InChI is InChI=1S/C12H22N2O4/c1-8(2)9(3)7-13-12(18)14-10(15)5-4-6-11(16)17/h8-9H,4-7H2,1-3H3,(H,16,17)(H2,13,14,15,18). The maximum atomic E-state index is 11.3. The molecule has 0 aromatic rings. The molecular formula is C12H22N2O4. The summed E-state index contributed by atoms with van der Waals surface area (Å²) in [5, 5.41) is 13.2. The largest absolute Gasteiger partial charge is 0.481 e. The maximum absolute atomic E-state index is 11.3. The molecule has 3 N–H and O–H groups in total. The lowest BCUT2D eigenvalue weighted by atomic mass is 9.98. The fraction of sp³-hybridized carbons (Fsp3) is 0.750. The van der Waals surface area contributed by atoms with Gasteiger partial charge in [-0.15, -0.1) is 0 Å². The summed E-state index contributed by atoms with van der Waals surface area (Å²) in [6, 6.07) is -0.525. The number of carbonyl (C=O) groups is 3. The van der Waals surface area contributed by atoms with Crippen LogP contribution in [-0.2, 0) is 9.59 Å². The van der Waals surface area contributed by atoms with E-state index in [4.69, 9.17) is 5.11 Å². The highest BCUT2D eigenvalue weighted by Crippen LogP contribution is 2.07. The van der Waals surface area contributed by atoms with Gasteiger partial charge in [0.05, 0.1) is 0 Å². The number of imide groups is 1. The first-order valence-corrected chi connectivity index (χ1v) is 6.12. The van der Waals surface area contributed by atoms with Crippen LogP contribution in [0, 0.1) is 11.8 Å². The van der Waals surface area contributed by atoms with Gasteiger partial charge in [-0.3, -0.25) is 14.9 Å². The van der Waals surface area contributed by atoms with E-state index in [1.54, 1.807) is 0 Å². The first kappa shape index (κ1) is 16.4. The van der Waals surface area contributed by atoms with Crippen molar-refractivity contribution in [3.05, 3.63) is 0 Å². The van der Waals surface area contributed by atoms with Gasteiger partial charge in [0.2, 0.25) is 5.91 Å². The zero-order valence-electron chi connectivity index (χ0n) is 11.2. The Morgan fingerprint density at radius 1 is 1.11 bits per heavy atom. The second-order valence-electron chi connectivity index (χ2n) is 4.73. The van der Waals surface area contributed by atoms with Gasteiger partial charge in [0.25, 0.3) is 0 Å². The Labute approximate surface area is 107 Å².